The van der Waals surface area contributed by atoms with Crippen LogP contribution in [0.2, 0.25) is 0 Å². The lowest BCUT2D eigenvalue weighted by molar-refractivity contribution is -0.143. The lowest BCUT2D eigenvalue weighted by atomic mass is 10.0. The van der Waals surface area contributed by atoms with Crippen LogP contribution in [0.4, 0.5) is 0 Å². The van der Waals surface area contributed by atoms with E-state index in [1.165, 1.54) is 0 Å². The van der Waals surface area contributed by atoms with Crippen molar-refractivity contribution < 1.29 is 14.3 Å². The summed E-state index contributed by atoms with van der Waals surface area (Å²) in [6.07, 6.45) is 0.975. The molecule has 0 spiro atoms. The van der Waals surface area contributed by atoms with Crippen molar-refractivity contribution >= 4 is 5.97 Å². The van der Waals surface area contributed by atoms with Gasteiger partial charge in [-0.15, -0.1) is 0 Å². The number of ether oxygens (including phenoxy) is 2. The summed E-state index contributed by atoms with van der Waals surface area (Å²) >= 11 is 0. The van der Waals surface area contributed by atoms with Crippen LogP contribution in [0.15, 0.2) is 54.6 Å². The number of benzene rings is 2. The van der Waals surface area contributed by atoms with E-state index in [4.69, 9.17) is 9.47 Å². The van der Waals surface area contributed by atoms with Gasteiger partial charge in [-0.3, -0.25) is 0 Å². The van der Waals surface area contributed by atoms with Crippen molar-refractivity contribution in [2.45, 2.75) is 18.9 Å². The number of rotatable bonds is 2. The van der Waals surface area contributed by atoms with Gasteiger partial charge in [-0.1, -0.05) is 36.4 Å². The van der Waals surface area contributed by atoms with Gasteiger partial charge < -0.3 is 9.47 Å². The molecule has 0 saturated heterocycles. The molecule has 0 aliphatic carbocycles. The molecule has 1 atom stereocenters. The Bertz CT molecular complexity index is 578. The SMILES string of the molecule is O=C(Oc1ccccc1)C1CCc2ccccc2O1. The summed E-state index contributed by atoms with van der Waals surface area (Å²) < 4.78 is 11.0. The summed E-state index contributed by atoms with van der Waals surface area (Å²) in [5.74, 6) is 0.999. The fourth-order valence-corrected chi connectivity index (χ4v) is 2.16. The van der Waals surface area contributed by atoms with Crippen molar-refractivity contribution in [1.29, 1.82) is 0 Å². The predicted octanol–water partition coefficient (Wildman–Crippen LogP) is 2.99. The fraction of sp³-hybridized carbons (Fsp3) is 0.188. The van der Waals surface area contributed by atoms with E-state index < -0.39 is 6.10 Å². The van der Waals surface area contributed by atoms with E-state index in [1.54, 1.807) is 12.1 Å². The minimum Gasteiger partial charge on any atom is -0.478 e. The molecule has 2 aromatic rings. The Morgan fingerprint density at radius 2 is 1.79 bits per heavy atom. The molecule has 0 radical (unpaired) electrons. The van der Waals surface area contributed by atoms with E-state index in [0.29, 0.717) is 12.2 Å². The Morgan fingerprint density at radius 3 is 2.63 bits per heavy atom. The van der Waals surface area contributed by atoms with Gasteiger partial charge in [0.25, 0.3) is 0 Å². The summed E-state index contributed by atoms with van der Waals surface area (Å²) in [6.45, 7) is 0. The normalized spacial score (nSPS) is 17.2. The largest absolute Gasteiger partial charge is 0.478 e. The first-order chi connectivity index (χ1) is 9.33. The summed E-state index contributed by atoms with van der Waals surface area (Å²) in [5, 5.41) is 0. The van der Waals surface area contributed by atoms with Gasteiger partial charge in [0.2, 0.25) is 0 Å². The van der Waals surface area contributed by atoms with Crippen molar-refractivity contribution in [1.82, 2.24) is 0 Å². The lowest BCUT2D eigenvalue weighted by Gasteiger charge is -2.24. The summed E-state index contributed by atoms with van der Waals surface area (Å²) in [7, 11) is 0. The van der Waals surface area contributed by atoms with Crippen LogP contribution in [-0.2, 0) is 11.2 Å². The number of esters is 1. The molecular formula is C16H14O3. The van der Waals surface area contributed by atoms with Gasteiger partial charge >= 0.3 is 5.97 Å². The molecule has 0 aromatic heterocycles. The molecule has 1 unspecified atom stereocenters. The molecule has 0 saturated carbocycles. The van der Waals surface area contributed by atoms with E-state index >= 15 is 0 Å². The van der Waals surface area contributed by atoms with Crippen LogP contribution < -0.4 is 9.47 Å². The molecule has 2 aromatic carbocycles. The molecule has 96 valence electrons. The Balaban J connectivity index is 1.70. The molecule has 19 heavy (non-hydrogen) atoms. The van der Waals surface area contributed by atoms with Crippen LogP contribution in [0, 0.1) is 0 Å². The van der Waals surface area contributed by atoms with Crippen LogP contribution in [0.1, 0.15) is 12.0 Å². The smallest absolute Gasteiger partial charge is 0.352 e. The summed E-state index contributed by atoms with van der Waals surface area (Å²) in [6, 6.07) is 16.9. The molecule has 3 heteroatoms. The maximum absolute atomic E-state index is 12.0. The van der Waals surface area contributed by atoms with Crippen LogP contribution in [0.25, 0.3) is 0 Å². The minimum absolute atomic E-state index is 0.333. The first-order valence-electron chi connectivity index (χ1n) is 6.34. The van der Waals surface area contributed by atoms with Gasteiger partial charge in [0.05, 0.1) is 0 Å². The number of aryl methyl sites for hydroxylation is 1. The molecule has 0 bridgehead atoms. The zero-order valence-electron chi connectivity index (χ0n) is 10.4. The molecule has 1 heterocycles. The summed E-state index contributed by atoms with van der Waals surface area (Å²) in [5.41, 5.74) is 1.14. The average Bonchev–Trinajstić information content (AvgIpc) is 2.48. The van der Waals surface area contributed by atoms with Crippen molar-refractivity contribution in [3.63, 3.8) is 0 Å². The third kappa shape index (κ3) is 2.60. The maximum atomic E-state index is 12.0. The highest BCUT2D eigenvalue weighted by Gasteiger charge is 2.27. The maximum Gasteiger partial charge on any atom is 0.352 e. The monoisotopic (exact) mass is 254 g/mol. The second-order valence-electron chi connectivity index (χ2n) is 4.49. The number of hydrogen-bond acceptors (Lipinski definition) is 3. The van der Waals surface area contributed by atoms with E-state index in [9.17, 15) is 4.79 Å². The highest BCUT2D eigenvalue weighted by molar-refractivity contribution is 5.78. The van der Waals surface area contributed by atoms with Gasteiger partial charge in [-0.05, 0) is 36.6 Å². The molecule has 0 fully saturated rings. The van der Waals surface area contributed by atoms with Gasteiger partial charge in [0.1, 0.15) is 11.5 Å². The van der Waals surface area contributed by atoms with Crippen LogP contribution >= 0.6 is 0 Å². The highest BCUT2D eigenvalue weighted by atomic mass is 16.6. The fourth-order valence-electron chi connectivity index (χ4n) is 2.16. The molecule has 0 N–H and O–H groups in total. The van der Waals surface area contributed by atoms with Gasteiger partial charge in [0.15, 0.2) is 6.10 Å². The third-order valence-electron chi connectivity index (χ3n) is 3.14. The first kappa shape index (κ1) is 11.8. The Morgan fingerprint density at radius 1 is 1.05 bits per heavy atom. The minimum atomic E-state index is -0.518. The Hall–Kier alpha value is -2.29. The van der Waals surface area contributed by atoms with Crippen molar-refractivity contribution in [3.8, 4) is 11.5 Å². The molecule has 1 aliphatic heterocycles. The molecule has 0 amide bonds. The quantitative estimate of drug-likeness (QED) is 0.610. The van der Waals surface area contributed by atoms with E-state index in [2.05, 4.69) is 0 Å². The topological polar surface area (TPSA) is 35.5 Å². The highest BCUT2D eigenvalue weighted by Crippen LogP contribution is 2.27. The zero-order valence-corrected chi connectivity index (χ0v) is 10.4. The van der Waals surface area contributed by atoms with Crippen LogP contribution in [-0.4, -0.2) is 12.1 Å². The second kappa shape index (κ2) is 5.14. The standard InChI is InChI=1S/C16H14O3/c17-16(18-13-7-2-1-3-8-13)15-11-10-12-6-4-5-9-14(12)19-15/h1-9,15H,10-11H2. The third-order valence-corrected chi connectivity index (χ3v) is 3.14. The Labute approximate surface area is 111 Å². The number of carbonyl (C=O) groups is 1. The summed E-state index contributed by atoms with van der Waals surface area (Å²) in [4.78, 5) is 12.0. The number of hydrogen-bond donors (Lipinski definition) is 0. The van der Waals surface area contributed by atoms with Crippen LogP contribution in [0.5, 0.6) is 11.5 Å². The second-order valence-corrected chi connectivity index (χ2v) is 4.49. The number of fused-ring (bicyclic) bond motifs is 1. The van der Waals surface area contributed by atoms with E-state index in [1.807, 2.05) is 42.5 Å². The Kier molecular flexibility index (Phi) is 3.19. The van der Waals surface area contributed by atoms with Crippen molar-refractivity contribution in [2.24, 2.45) is 0 Å². The zero-order chi connectivity index (χ0) is 13.1. The number of carbonyl (C=O) groups excluding carboxylic acids is 1. The van der Waals surface area contributed by atoms with E-state index in [0.717, 1.165) is 17.7 Å². The van der Waals surface area contributed by atoms with Gasteiger partial charge in [-0.2, -0.15) is 0 Å². The van der Waals surface area contributed by atoms with Crippen molar-refractivity contribution in [2.75, 3.05) is 0 Å². The lowest BCUT2D eigenvalue weighted by Crippen LogP contribution is -2.34. The van der Waals surface area contributed by atoms with Gasteiger partial charge in [-0.25, -0.2) is 4.79 Å². The predicted molar refractivity (Wildman–Crippen MR) is 71.3 cm³/mol. The van der Waals surface area contributed by atoms with E-state index in [-0.39, 0.29) is 5.97 Å². The molecule has 3 nitrogen and oxygen atoms in total. The number of para-hydroxylation sites is 2. The molecule has 3 rings (SSSR count). The molecular weight excluding hydrogens is 240 g/mol. The average molecular weight is 254 g/mol. The first-order valence-corrected chi connectivity index (χ1v) is 6.34. The van der Waals surface area contributed by atoms with Crippen LogP contribution in [0.3, 0.4) is 0 Å². The van der Waals surface area contributed by atoms with Gasteiger partial charge in [0, 0.05) is 0 Å². The van der Waals surface area contributed by atoms with Crippen molar-refractivity contribution in [3.05, 3.63) is 60.2 Å². The molecule has 1 aliphatic rings.